The van der Waals surface area contributed by atoms with Crippen LogP contribution < -0.4 is 5.32 Å². The number of morpholine rings is 1. The van der Waals surface area contributed by atoms with E-state index in [1.807, 2.05) is 13.8 Å². The number of carbonyl (C=O) groups excluding carboxylic acids is 1. The van der Waals surface area contributed by atoms with Crippen LogP contribution in [0.5, 0.6) is 0 Å². The first kappa shape index (κ1) is 14.8. The molecule has 0 saturated carbocycles. The second-order valence-electron chi connectivity index (χ2n) is 4.64. The standard InChI is InChI=1S/C12H22N2O4/c1-3-4-10(11(15)16)7-13-12(17)14-5-6-18-9(2)8-14/h9-10H,3-8H2,1-2H3,(H,13,17)(H,15,16). The number of carboxylic acids is 1. The number of urea groups is 1. The summed E-state index contributed by atoms with van der Waals surface area (Å²) in [5.74, 6) is -1.36. The van der Waals surface area contributed by atoms with Crippen molar-refractivity contribution in [2.75, 3.05) is 26.2 Å². The van der Waals surface area contributed by atoms with Crippen molar-refractivity contribution in [3.8, 4) is 0 Å². The second-order valence-corrected chi connectivity index (χ2v) is 4.64. The van der Waals surface area contributed by atoms with E-state index in [4.69, 9.17) is 9.84 Å². The average Bonchev–Trinajstić information content (AvgIpc) is 2.33. The van der Waals surface area contributed by atoms with Crippen molar-refractivity contribution in [3.05, 3.63) is 0 Å². The maximum absolute atomic E-state index is 11.8. The highest BCUT2D eigenvalue weighted by Crippen LogP contribution is 2.07. The molecule has 1 rings (SSSR count). The van der Waals surface area contributed by atoms with Gasteiger partial charge in [0.15, 0.2) is 0 Å². The largest absolute Gasteiger partial charge is 0.481 e. The summed E-state index contributed by atoms with van der Waals surface area (Å²) in [6, 6.07) is -0.201. The van der Waals surface area contributed by atoms with E-state index >= 15 is 0 Å². The number of rotatable bonds is 5. The number of amides is 2. The summed E-state index contributed by atoms with van der Waals surface area (Å²) in [7, 11) is 0. The maximum atomic E-state index is 11.8. The minimum Gasteiger partial charge on any atom is -0.481 e. The van der Waals surface area contributed by atoms with Gasteiger partial charge < -0.3 is 20.1 Å². The molecule has 0 aromatic heterocycles. The molecule has 0 radical (unpaired) electrons. The van der Waals surface area contributed by atoms with Gasteiger partial charge in [-0.25, -0.2) is 4.79 Å². The van der Waals surface area contributed by atoms with Crippen LogP contribution in [0, 0.1) is 5.92 Å². The molecule has 18 heavy (non-hydrogen) atoms. The highest BCUT2D eigenvalue weighted by Gasteiger charge is 2.23. The van der Waals surface area contributed by atoms with Crippen LogP contribution in [0.2, 0.25) is 0 Å². The van der Waals surface area contributed by atoms with E-state index in [1.165, 1.54) is 0 Å². The molecule has 6 nitrogen and oxygen atoms in total. The van der Waals surface area contributed by atoms with E-state index < -0.39 is 11.9 Å². The Labute approximate surface area is 107 Å². The summed E-state index contributed by atoms with van der Waals surface area (Å²) >= 11 is 0. The number of nitrogens with zero attached hydrogens (tertiary/aromatic N) is 1. The lowest BCUT2D eigenvalue weighted by molar-refractivity contribution is -0.141. The Morgan fingerprint density at radius 1 is 1.56 bits per heavy atom. The molecule has 0 aromatic carbocycles. The second kappa shape index (κ2) is 7.20. The molecule has 104 valence electrons. The van der Waals surface area contributed by atoms with Gasteiger partial charge in [0, 0.05) is 19.6 Å². The van der Waals surface area contributed by atoms with E-state index in [2.05, 4.69) is 5.32 Å². The molecule has 1 aliphatic rings. The van der Waals surface area contributed by atoms with Gasteiger partial charge in [0.2, 0.25) is 0 Å². The molecule has 1 heterocycles. The van der Waals surface area contributed by atoms with Crippen molar-refractivity contribution in [3.63, 3.8) is 0 Å². The van der Waals surface area contributed by atoms with Crippen molar-refractivity contribution in [2.24, 2.45) is 5.92 Å². The number of ether oxygens (including phenoxy) is 1. The highest BCUT2D eigenvalue weighted by molar-refractivity contribution is 5.76. The summed E-state index contributed by atoms with van der Waals surface area (Å²) < 4.78 is 5.34. The molecule has 6 heteroatoms. The Morgan fingerprint density at radius 2 is 2.28 bits per heavy atom. The number of carboxylic acid groups (broad SMARTS) is 1. The zero-order chi connectivity index (χ0) is 13.5. The molecular formula is C12H22N2O4. The highest BCUT2D eigenvalue weighted by atomic mass is 16.5. The predicted molar refractivity (Wildman–Crippen MR) is 66.4 cm³/mol. The van der Waals surface area contributed by atoms with Crippen molar-refractivity contribution < 1.29 is 19.4 Å². The molecular weight excluding hydrogens is 236 g/mol. The van der Waals surface area contributed by atoms with Crippen molar-refractivity contribution >= 4 is 12.0 Å². The van der Waals surface area contributed by atoms with Crippen molar-refractivity contribution in [1.82, 2.24) is 10.2 Å². The van der Waals surface area contributed by atoms with Gasteiger partial charge in [0.05, 0.1) is 18.6 Å². The number of aliphatic carboxylic acids is 1. The van der Waals surface area contributed by atoms with Crippen LogP contribution in [0.4, 0.5) is 4.79 Å². The number of carbonyl (C=O) groups is 2. The fourth-order valence-corrected chi connectivity index (χ4v) is 1.99. The zero-order valence-corrected chi connectivity index (χ0v) is 11.0. The van der Waals surface area contributed by atoms with Gasteiger partial charge >= 0.3 is 12.0 Å². The normalized spacial score (nSPS) is 21.4. The van der Waals surface area contributed by atoms with Gasteiger partial charge in [-0.2, -0.15) is 0 Å². The first-order valence-electron chi connectivity index (χ1n) is 6.41. The zero-order valence-electron chi connectivity index (χ0n) is 11.0. The summed E-state index contributed by atoms with van der Waals surface area (Å²) in [5.41, 5.74) is 0. The number of hydrogen-bond acceptors (Lipinski definition) is 3. The van der Waals surface area contributed by atoms with E-state index in [1.54, 1.807) is 4.90 Å². The van der Waals surface area contributed by atoms with E-state index in [0.29, 0.717) is 26.1 Å². The van der Waals surface area contributed by atoms with E-state index in [9.17, 15) is 9.59 Å². The number of hydrogen-bond donors (Lipinski definition) is 2. The molecule has 2 N–H and O–H groups in total. The lowest BCUT2D eigenvalue weighted by Crippen LogP contribution is -2.50. The van der Waals surface area contributed by atoms with Crippen LogP contribution in [-0.2, 0) is 9.53 Å². The van der Waals surface area contributed by atoms with Crippen LogP contribution in [-0.4, -0.2) is 54.4 Å². The Bertz CT molecular complexity index is 296. The SMILES string of the molecule is CCCC(CNC(=O)N1CCOC(C)C1)C(=O)O. The van der Waals surface area contributed by atoms with Crippen LogP contribution in [0.3, 0.4) is 0 Å². The van der Waals surface area contributed by atoms with Crippen molar-refractivity contribution in [1.29, 1.82) is 0 Å². The van der Waals surface area contributed by atoms with Crippen molar-refractivity contribution in [2.45, 2.75) is 32.8 Å². The van der Waals surface area contributed by atoms with E-state index in [-0.39, 0.29) is 18.7 Å². The molecule has 2 atom stereocenters. The first-order valence-corrected chi connectivity index (χ1v) is 6.41. The van der Waals surface area contributed by atoms with Gasteiger partial charge in [-0.15, -0.1) is 0 Å². The molecule has 0 aromatic rings. The van der Waals surface area contributed by atoms with Crippen LogP contribution in [0.1, 0.15) is 26.7 Å². The summed E-state index contributed by atoms with van der Waals surface area (Å²) in [5, 5.41) is 11.7. The average molecular weight is 258 g/mol. The third-order valence-electron chi connectivity index (χ3n) is 3.01. The minimum atomic E-state index is -0.854. The molecule has 2 amide bonds. The Morgan fingerprint density at radius 3 is 2.83 bits per heavy atom. The molecule has 1 fully saturated rings. The van der Waals surface area contributed by atoms with Crippen LogP contribution >= 0.6 is 0 Å². The Hall–Kier alpha value is -1.30. The molecule has 1 saturated heterocycles. The van der Waals surface area contributed by atoms with Crippen LogP contribution in [0.25, 0.3) is 0 Å². The van der Waals surface area contributed by atoms with Gasteiger partial charge in [-0.05, 0) is 13.3 Å². The monoisotopic (exact) mass is 258 g/mol. The number of nitrogens with one attached hydrogen (secondary N) is 1. The third-order valence-corrected chi connectivity index (χ3v) is 3.01. The molecule has 0 bridgehead atoms. The quantitative estimate of drug-likeness (QED) is 0.768. The smallest absolute Gasteiger partial charge is 0.317 e. The summed E-state index contributed by atoms with van der Waals surface area (Å²) in [6.07, 6.45) is 1.41. The molecule has 1 aliphatic heterocycles. The lowest BCUT2D eigenvalue weighted by atomic mass is 10.0. The third kappa shape index (κ3) is 4.52. The van der Waals surface area contributed by atoms with Gasteiger partial charge in [-0.1, -0.05) is 13.3 Å². The van der Waals surface area contributed by atoms with Gasteiger partial charge in [-0.3, -0.25) is 4.79 Å². The maximum Gasteiger partial charge on any atom is 0.317 e. The topological polar surface area (TPSA) is 78.9 Å². The fraction of sp³-hybridized carbons (Fsp3) is 0.833. The van der Waals surface area contributed by atoms with Gasteiger partial charge in [0.1, 0.15) is 0 Å². The van der Waals surface area contributed by atoms with E-state index in [0.717, 1.165) is 6.42 Å². The summed E-state index contributed by atoms with van der Waals surface area (Å²) in [4.78, 5) is 24.5. The molecule has 0 spiro atoms. The lowest BCUT2D eigenvalue weighted by Gasteiger charge is -2.31. The minimum absolute atomic E-state index is 0.0374. The Balaban J connectivity index is 2.36. The predicted octanol–water partition coefficient (Wildman–Crippen LogP) is 0.918. The fourth-order valence-electron chi connectivity index (χ4n) is 1.99. The van der Waals surface area contributed by atoms with Gasteiger partial charge in [0.25, 0.3) is 0 Å². The Kier molecular flexibility index (Phi) is 5.91. The first-order chi connectivity index (χ1) is 8.54. The molecule has 0 aliphatic carbocycles. The molecule has 2 unspecified atom stereocenters. The van der Waals surface area contributed by atoms with Crippen LogP contribution in [0.15, 0.2) is 0 Å². The summed E-state index contributed by atoms with van der Waals surface area (Å²) in [6.45, 7) is 5.68.